The summed E-state index contributed by atoms with van der Waals surface area (Å²) < 4.78 is 0. The second-order valence-corrected chi connectivity index (χ2v) is 4.13. The molecule has 0 bridgehead atoms. The van der Waals surface area contributed by atoms with Gasteiger partial charge in [-0.25, -0.2) is 0 Å². The lowest BCUT2D eigenvalue weighted by Gasteiger charge is -2.23. The first-order valence-electron chi connectivity index (χ1n) is 5.67. The Labute approximate surface area is 92.4 Å². The number of nitrogens with one attached hydrogen (secondary N) is 2. The van der Waals surface area contributed by atoms with E-state index < -0.39 is 0 Å². The summed E-state index contributed by atoms with van der Waals surface area (Å²) in [6.45, 7) is 8.64. The molecule has 15 heavy (non-hydrogen) atoms. The Balaban J connectivity index is 3.90. The zero-order chi connectivity index (χ0) is 11.8. The quantitative estimate of drug-likeness (QED) is 0.581. The first kappa shape index (κ1) is 14.4. The number of aliphatic hydroxyl groups is 1. The van der Waals surface area contributed by atoms with Crippen molar-refractivity contribution >= 4 is 5.91 Å². The molecule has 0 fully saturated rings. The molecule has 1 amide bonds. The summed E-state index contributed by atoms with van der Waals surface area (Å²) >= 11 is 0. The Bertz CT molecular complexity index is 185. The number of rotatable bonds is 7. The van der Waals surface area contributed by atoms with Gasteiger partial charge in [-0.1, -0.05) is 13.8 Å². The number of carbonyl (C=O) groups is 1. The monoisotopic (exact) mass is 216 g/mol. The summed E-state index contributed by atoms with van der Waals surface area (Å²) in [5.41, 5.74) is 0. The third-order valence-electron chi connectivity index (χ3n) is 2.60. The van der Waals surface area contributed by atoms with Gasteiger partial charge in [0.25, 0.3) is 0 Å². The lowest BCUT2D eigenvalue weighted by atomic mass is 10.0. The lowest BCUT2D eigenvalue weighted by Crippen LogP contribution is -2.48. The molecule has 0 spiro atoms. The Hall–Kier alpha value is -0.610. The van der Waals surface area contributed by atoms with E-state index in [9.17, 15) is 4.79 Å². The second-order valence-electron chi connectivity index (χ2n) is 4.13. The molecular formula is C11H24N2O2. The zero-order valence-corrected chi connectivity index (χ0v) is 10.2. The molecule has 0 saturated carbocycles. The van der Waals surface area contributed by atoms with Crippen molar-refractivity contribution in [1.29, 1.82) is 0 Å². The number of hydrogen-bond acceptors (Lipinski definition) is 3. The Morgan fingerprint density at radius 1 is 1.33 bits per heavy atom. The second kappa shape index (κ2) is 7.65. The third-order valence-corrected chi connectivity index (χ3v) is 2.60. The molecule has 3 N–H and O–H groups in total. The maximum Gasteiger partial charge on any atom is 0.236 e. The highest BCUT2D eigenvalue weighted by Crippen LogP contribution is 2.01. The van der Waals surface area contributed by atoms with Gasteiger partial charge in [-0.05, 0) is 26.2 Å². The number of aliphatic hydroxyl groups excluding tert-OH is 1. The average Bonchev–Trinajstić information content (AvgIpc) is 2.24. The minimum atomic E-state index is -0.208. The van der Waals surface area contributed by atoms with E-state index in [1.54, 1.807) is 0 Å². The van der Waals surface area contributed by atoms with Crippen LogP contribution in [-0.4, -0.2) is 36.2 Å². The molecule has 90 valence electrons. The topological polar surface area (TPSA) is 61.4 Å². The van der Waals surface area contributed by atoms with E-state index in [4.69, 9.17) is 5.11 Å². The van der Waals surface area contributed by atoms with Crippen LogP contribution in [0.3, 0.4) is 0 Å². The molecule has 0 aliphatic heterocycles. The molecular weight excluding hydrogens is 192 g/mol. The van der Waals surface area contributed by atoms with E-state index in [0.717, 1.165) is 13.0 Å². The molecule has 0 radical (unpaired) electrons. The van der Waals surface area contributed by atoms with E-state index in [1.165, 1.54) is 0 Å². The molecule has 4 heteroatoms. The molecule has 3 atom stereocenters. The van der Waals surface area contributed by atoms with Crippen LogP contribution in [0.25, 0.3) is 0 Å². The van der Waals surface area contributed by atoms with Gasteiger partial charge < -0.3 is 15.7 Å². The summed E-state index contributed by atoms with van der Waals surface area (Å²) in [5.74, 6) is 0.181. The SMILES string of the molecule is CCCNC(=O)C(C)NC(C)C(C)CO. The van der Waals surface area contributed by atoms with Gasteiger partial charge in [-0.15, -0.1) is 0 Å². The van der Waals surface area contributed by atoms with E-state index in [-0.39, 0.29) is 30.5 Å². The predicted octanol–water partition coefficient (Wildman–Crippen LogP) is 0.508. The van der Waals surface area contributed by atoms with Crippen LogP contribution in [0.5, 0.6) is 0 Å². The number of hydrogen-bond donors (Lipinski definition) is 3. The van der Waals surface area contributed by atoms with Crippen LogP contribution in [0.2, 0.25) is 0 Å². The van der Waals surface area contributed by atoms with Crippen molar-refractivity contribution in [3.63, 3.8) is 0 Å². The number of carbonyl (C=O) groups excluding carboxylic acids is 1. The maximum atomic E-state index is 11.5. The lowest BCUT2D eigenvalue weighted by molar-refractivity contribution is -0.123. The maximum absolute atomic E-state index is 11.5. The summed E-state index contributed by atoms with van der Waals surface area (Å²) in [6, 6.07) is -0.0714. The van der Waals surface area contributed by atoms with Crippen LogP contribution in [0.15, 0.2) is 0 Å². The highest BCUT2D eigenvalue weighted by Gasteiger charge is 2.17. The molecule has 0 aromatic rings. The zero-order valence-electron chi connectivity index (χ0n) is 10.2. The van der Waals surface area contributed by atoms with Crippen molar-refractivity contribution in [3.8, 4) is 0 Å². The summed E-state index contributed by atoms with van der Waals surface area (Å²) in [4.78, 5) is 11.5. The first-order valence-corrected chi connectivity index (χ1v) is 5.67. The molecule has 0 heterocycles. The molecule has 0 saturated heterocycles. The minimum absolute atomic E-state index is 0.0221. The summed E-state index contributed by atoms with van der Waals surface area (Å²) in [5, 5.41) is 15.0. The average molecular weight is 216 g/mol. The standard InChI is InChI=1S/C11H24N2O2/c1-5-6-12-11(15)10(4)13-9(3)8(2)7-14/h8-10,13-14H,5-7H2,1-4H3,(H,12,15). The fourth-order valence-electron chi connectivity index (χ4n) is 1.19. The molecule has 0 aromatic carbocycles. The molecule has 0 aliphatic carbocycles. The van der Waals surface area contributed by atoms with E-state index >= 15 is 0 Å². The molecule has 0 aliphatic rings. The van der Waals surface area contributed by atoms with Crippen molar-refractivity contribution in [2.75, 3.05) is 13.2 Å². The van der Waals surface area contributed by atoms with Crippen LogP contribution in [-0.2, 0) is 4.79 Å². The number of amides is 1. The van der Waals surface area contributed by atoms with Crippen LogP contribution in [0.4, 0.5) is 0 Å². The van der Waals surface area contributed by atoms with Crippen LogP contribution in [0, 0.1) is 5.92 Å². The van der Waals surface area contributed by atoms with Crippen LogP contribution >= 0.6 is 0 Å². The van der Waals surface area contributed by atoms with Gasteiger partial charge in [-0.2, -0.15) is 0 Å². The van der Waals surface area contributed by atoms with Gasteiger partial charge in [-0.3, -0.25) is 4.79 Å². The summed E-state index contributed by atoms with van der Waals surface area (Å²) in [7, 11) is 0. The summed E-state index contributed by atoms with van der Waals surface area (Å²) in [6.07, 6.45) is 0.945. The van der Waals surface area contributed by atoms with E-state index in [2.05, 4.69) is 10.6 Å². The van der Waals surface area contributed by atoms with Crippen molar-refractivity contribution in [3.05, 3.63) is 0 Å². The molecule has 3 unspecified atom stereocenters. The molecule has 4 nitrogen and oxygen atoms in total. The molecule has 0 aromatic heterocycles. The first-order chi connectivity index (χ1) is 7.02. The van der Waals surface area contributed by atoms with Crippen molar-refractivity contribution < 1.29 is 9.90 Å². The van der Waals surface area contributed by atoms with Gasteiger partial charge in [0.1, 0.15) is 0 Å². The molecule has 0 rings (SSSR count). The Kier molecular flexibility index (Phi) is 7.34. The smallest absolute Gasteiger partial charge is 0.236 e. The van der Waals surface area contributed by atoms with Gasteiger partial charge in [0.2, 0.25) is 5.91 Å². The van der Waals surface area contributed by atoms with Gasteiger partial charge in [0.15, 0.2) is 0 Å². The third kappa shape index (κ3) is 5.74. The van der Waals surface area contributed by atoms with Crippen LogP contribution < -0.4 is 10.6 Å². The van der Waals surface area contributed by atoms with Crippen molar-refractivity contribution in [2.24, 2.45) is 5.92 Å². The highest BCUT2D eigenvalue weighted by atomic mass is 16.3. The van der Waals surface area contributed by atoms with E-state index in [0.29, 0.717) is 0 Å². The van der Waals surface area contributed by atoms with Crippen molar-refractivity contribution in [1.82, 2.24) is 10.6 Å². The normalized spacial score (nSPS) is 16.9. The fraction of sp³-hybridized carbons (Fsp3) is 0.909. The highest BCUT2D eigenvalue weighted by molar-refractivity contribution is 5.81. The fourth-order valence-corrected chi connectivity index (χ4v) is 1.19. The Morgan fingerprint density at radius 3 is 2.40 bits per heavy atom. The van der Waals surface area contributed by atoms with Crippen molar-refractivity contribution in [2.45, 2.75) is 46.2 Å². The van der Waals surface area contributed by atoms with Gasteiger partial charge in [0.05, 0.1) is 6.04 Å². The Morgan fingerprint density at radius 2 is 1.93 bits per heavy atom. The van der Waals surface area contributed by atoms with Gasteiger partial charge in [0, 0.05) is 19.2 Å². The van der Waals surface area contributed by atoms with Crippen LogP contribution in [0.1, 0.15) is 34.1 Å². The predicted molar refractivity (Wildman–Crippen MR) is 61.6 cm³/mol. The van der Waals surface area contributed by atoms with Gasteiger partial charge >= 0.3 is 0 Å². The minimum Gasteiger partial charge on any atom is -0.396 e. The van der Waals surface area contributed by atoms with E-state index in [1.807, 2.05) is 27.7 Å². The largest absolute Gasteiger partial charge is 0.396 e.